The first kappa shape index (κ1) is 21.4. The molecule has 0 aliphatic carbocycles. The molecule has 5 rings (SSSR count). The van der Waals surface area contributed by atoms with E-state index in [4.69, 9.17) is 4.42 Å². The molecular weight excluding hydrogens is 436 g/mol. The second kappa shape index (κ2) is 8.18. The van der Waals surface area contributed by atoms with Crippen molar-refractivity contribution in [3.8, 4) is 0 Å². The summed E-state index contributed by atoms with van der Waals surface area (Å²) in [6, 6.07) is 16.3. The number of amides is 5. The monoisotopic (exact) mass is 458 g/mol. The van der Waals surface area contributed by atoms with Crippen LogP contribution < -0.4 is 16.0 Å². The van der Waals surface area contributed by atoms with Crippen molar-refractivity contribution in [3.05, 3.63) is 89.4 Å². The third kappa shape index (κ3) is 3.71. The summed E-state index contributed by atoms with van der Waals surface area (Å²) >= 11 is 0. The third-order valence-electron chi connectivity index (χ3n) is 6.30. The Balaban J connectivity index is 1.42. The van der Waals surface area contributed by atoms with Gasteiger partial charge in [-0.2, -0.15) is 0 Å². The van der Waals surface area contributed by atoms with Crippen molar-refractivity contribution < 1.29 is 23.6 Å². The Kier molecular flexibility index (Phi) is 5.16. The zero-order valence-corrected chi connectivity index (χ0v) is 18.3. The smallest absolute Gasteiger partial charge is 0.322 e. The van der Waals surface area contributed by atoms with Crippen molar-refractivity contribution in [2.24, 2.45) is 0 Å². The van der Waals surface area contributed by atoms with Crippen LogP contribution in [0.25, 0.3) is 0 Å². The predicted molar refractivity (Wildman–Crippen MR) is 122 cm³/mol. The maximum absolute atomic E-state index is 13.4. The predicted octanol–water partition coefficient (Wildman–Crippen LogP) is 2.54. The Morgan fingerprint density at radius 1 is 1.06 bits per heavy atom. The zero-order valence-electron chi connectivity index (χ0n) is 18.3. The van der Waals surface area contributed by atoms with Crippen molar-refractivity contribution in [2.75, 3.05) is 5.32 Å². The van der Waals surface area contributed by atoms with Crippen molar-refractivity contribution in [1.29, 1.82) is 0 Å². The van der Waals surface area contributed by atoms with E-state index in [1.54, 1.807) is 43.3 Å². The van der Waals surface area contributed by atoms with E-state index in [1.165, 1.54) is 11.2 Å². The molecule has 1 aromatic heterocycles. The van der Waals surface area contributed by atoms with Crippen molar-refractivity contribution >= 4 is 29.4 Å². The number of fused-ring (bicyclic) bond motifs is 1. The van der Waals surface area contributed by atoms with Crippen molar-refractivity contribution in [3.63, 3.8) is 0 Å². The van der Waals surface area contributed by atoms with Crippen LogP contribution in [-0.2, 0) is 28.1 Å². The molecule has 3 aromatic rings. The summed E-state index contributed by atoms with van der Waals surface area (Å²) < 4.78 is 5.29. The summed E-state index contributed by atoms with van der Waals surface area (Å²) in [5.74, 6) is -1.04. The SMILES string of the molecule is CC1(c2cccc(NC(=O)C3Cc4ccccc4CN3C(=O)c3ccco3)c2)NC(=O)NC1=O. The molecule has 9 nitrogen and oxygen atoms in total. The van der Waals surface area contributed by atoms with Crippen LogP contribution >= 0.6 is 0 Å². The fourth-order valence-corrected chi connectivity index (χ4v) is 4.39. The van der Waals surface area contributed by atoms with Gasteiger partial charge in [-0.3, -0.25) is 19.7 Å². The Morgan fingerprint density at radius 3 is 2.56 bits per heavy atom. The van der Waals surface area contributed by atoms with E-state index >= 15 is 0 Å². The Morgan fingerprint density at radius 2 is 1.85 bits per heavy atom. The van der Waals surface area contributed by atoms with Crippen LogP contribution in [0.4, 0.5) is 10.5 Å². The van der Waals surface area contributed by atoms with Gasteiger partial charge in [0.15, 0.2) is 5.76 Å². The van der Waals surface area contributed by atoms with Crippen LogP contribution in [0.3, 0.4) is 0 Å². The van der Waals surface area contributed by atoms with E-state index in [-0.39, 0.29) is 24.1 Å². The second-order valence-electron chi connectivity index (χ2n) is 8.50. The summed E-state index contributed by atoms with van der Waals surface area (Å²) in [5.41, 5.74) is 1.69. The number of carbonyl (C=O) groups excluding carboxylic acids is 4. The molecule has 2 aliphatic heterocycles. The van der Waals surface area contributed by atoms with Crippen LogP contribution in [0.1, 0.15) is 34.2 Å². The third-order valence-corrected chi connectivity index (χ3v) is 6.30. The number of furan rings is 1. The second-order valence-corrected chi connectivity index (χ2v) is 8.50. The maximum Gasteiger partial charge on any atom is 0.322 e. The summed E-state index contributed by atoms with van der Waals surface area (Å²) in [7, 11) is 0. The van der Waals surface area contributed by atoms with Gasteiger partial charge < -0.3 is 20.0 Å². The first-order chi connectivity index (χ1) is 16.3. The first-order valence-electron chi connectivity index (χ1n) is 10.8. The number of nitrogens with one attached hydrogen (secondary N) is 3. The average molecular weight is 458 g/mol. The molecule has 172 valence electrons. The van der Waals surface area contributed by atoms with Gasteiger partial charge in [-0.05, 0) is 47.9 Å². The lowest BCUT2D eigenvalue weighted by Crippen LogP contribution is -2.50. The average Bonchev–Trinajstić information content (AvgIpc) is 3.46. The van der Waals surface area contributed by atoms with Crippen molar-refractivity contribution in [1.82, 2.24) is 15.5 Å². The van der Waals surface area contributed by atoms with E-state index in [0.717, 1.165) is 11.1 Å². The highest BCUT2D eigenvalue weighted by Gasteiger charge is 2.43. The fourth-order valence-electron chi connectivity index (χ4n) is 4.39. The Bertz CT molecular complexity index is 1300. The van der Waals surface area contributed by atoms with Gasteiger partial charge in [-0.15, -0.1) is 0 Å². The van der Waals surface area contributed by atoms with Gasteiger partial charge in [-0.1, -0.05) is 36.4 Å². The molecule has 34 heavy (non-hydrogen) atoms. The fraction of sp³-hybridized carbons (Fsp3) is 0.200. The number of benzene rings is 2. The van der Waals surface area contributed by atoms with Crippen LogP contribution in [0.15, 0.2) is 71.3 Å². The number of anilines is 1. The van der Waals surface area contributed by atoms with E-state index < -0.39 is 23.5 Å². The minimum atomic E-state index is -1.25. The molecule has 2 aromatic carbocycles. The molecule has 0 saturated carbocycles. The lowest BCUT2D eigenvalue weighted by atomic mass is 9.91. The van der Waals surface area contributed by atoms with E-state index in [1.807, 2.05) is 24.3 Å². The van der Waals surface area contributed by atoms with Gasteiger partial charge >= 0.3 is 6.03 Å². The number of urea groups is 1. The van der Waals surface area contributed by atoms with Gasteiger partial charge in [0, 0.05) is 18.7 Å². The number of rotatable bonds is 4. The molecule has 2 atom stereocenters. The lowest BCUT2D eigenvalue weighted by molar-refractivity contribution is -0.123. The standard InChI is InChI=1S/C25H22N4O5/c1-25(23(32)27-24(33)28-25)17-8-4-9-18(13-17)26-21(30)19-12-15-6-2-3-7-16(15)14-29(19)22(31)20-10-5-11-34-20/h2-11,13,19H,12,14H2,1H3,(H,26,30)(H2,27,28,32,33). The van der Waals surface area contributed by atoms with Crippen molar-refractivity contribution in [2.45, 2.75) is 31.5 Å². The summed E-state index contributed by atoms with van der Waals surface area (Å²) in [5, 5.41) is 7.71. The first-order valence-corrected chi connectivity index (χ1v) is 10.8. The summed E-state index contributed by atoms with van der Waals surface area (Å²) in [6.07, 6.45) is 1.77. The van der Waals surface area contributed by atoms with Gasteiger partial charge in [0.05, 0.1) is 6.26 Å². The molecule has 3 N–H and O–H groups in total. The van der Waals surface area contributed by atoms with Gasteiger partial charge in [0.1, 0.15) is 11.6 Å². The molecule has 0 radical (unpaired) electrons. The molecule has 1 fully saturated rings. The number of imide groups is 1. The highest BCUT2D eigenvalue weighted by atomic mass is 16.3. The number of hydrogen-bond donors (Lipinski definition) is 3. The number of hydrogen-bond acceptors (Lipinski definition) is 5. The normalized spacial score (nSPS) is 21.4. The highest BCUT2D eigenvalue weighted by Crippen LogP contribution is 2.29. The Hall–Kier alpha value is -4.40. The van der Waals surface area contributed by atoms with Gasteiger partial charge in [0.2, 0.25) is 5.91 Å². The number of carbonyl (C=O) groups is 4. The molecule has 1 saturated heterocycles. The largest absolute Gasteiger partial charge is 0.459 e. The van der Waals surface area contributed by atoms with Crippen LogP contribution in [0.5, 0.6) is 0 Å². The van der Waals surface area contributed by atoms with Gasteiger partial charge in [-0.25, -0.2) is 4.79 Å². The molecule has 2 unspecified atom stereocenters. The van der Waals surface area contributed by atoms with E-state index in [9.17, 15) is 19.2 Å². The number of nitrogens with zero attached hydrogens (tertiary/aromatic N) is 1. The maximum atomic E-state index is 13.4. The lowest BCUT2D eigenvalue weighted by Gasteiger charge is -2.35. The van der Waals surface area contributed by atoms with Gasteiger partial charge in [0.25, 0.3) is 11.8 Å². The molecule has 0 spiro atoms. The minimum Gasteiger partial charge on any atom is -0.459 e. The Labute approximate surface area is 195 Å². The van der Waals surface area contributed by atoms with Crippen LogP contribution in [-0.4, -0.2) is 34.7 Å². The molecule has 2 aliphatic rings. The van der Waals surface area contributed by atoms with Crippen LogP contribution in [0.2, 0.25) is 0 Å². The zero-order chi connectivity index (χ0) is 23.9. The topological polar surface area (TPSA) is 121 Å². The van der Waals surface area contributed by atoms with E-state index in [0.29, 0.717) is 17.7 Å². The highest BCUT2D eigenvalue weighted by molar-refractivity contribution is 6.07. The molecule has 9 heteroatoms. The summed E-state index contributed by atoms with van der Waals surface area (Å²) in [4.78, 5) is 52.0. The minimum absolute atomic E-state index is 0.162. The quantitative estimate of drug-likeness (QED) is 0.519. The molecule has 0 bridgehead atoms. The molecule has 3 heterocycles. The molecular formula is C25H22N4O5. The summed E-state index contributed by atoms with van der Waals surface area (Å²) in [6.45, 7) is 1.87. The molecule has 5 amide bonds. The van der Waals surface area contributed by atoms with Crippen LogP contribution in [0, 0.1) is 0 Å². The van der Waals surface area contributed by atoms with E-state index in [2.05, 4.69) is 16.0 Å².